The molecule has 0 N–H and O–H groups in total. The summed E-state index contributed by atoms with van der Waals surface area (Å²) in [4.78, 5) is 23.8. The van der Waals surface area contributed by atoms with Crippen LogP contribution >= 0.6 is 0 Å². The highest BCUT2D eigenvalue weighted by Gasteiger charge is 2.32. The summed E-state index contributed by atoms with van der Waals surface area (Å²) >= 11 is 0. The Labute approximate surface area is 125 Å². The highest BCUT2D eigenvalue weighted by Crippen LogP contribution is 2.32. The first-order chi connectivity index (χ1) is 9.86. The third kappa shape index (κ3) is 3.09. The summed E-state index contributed by atoms with van der Waals surface area (Å²) in [5.41, 5.74) is 1.73. The summed E-state index contributed by atoms with van der Waals surface area (Å²) in [6.07, 6.45) is 2.36. The third-order valence-electron chi connectivity index (χ3n) is 3.81. The van der Waals surface area contributed by atoms with E-state index in [2.05, 4.69) is 0 Å². The molecule has 0 radical (unpaired) electrons. The maximum absolute atomic E-state index is 11.9. The topological polar surface area (TPSA) is 52.6 Å². The van der Waals surface area contributed by atoms with Crippen LogP contribution in [0.4, 0.5) is 0 Å². The molecule has 0 fully saturated rings. The molecule has 0 unspecified atom stereocenters. The van der Waals surface area contributed by atoms with Crippen molar-refractivity contribution in [2.75, 3.05) is 6.61 Å². The van der Waals surface area contributed by atoms with Crippen LogP contribution in [0.25, 0.3) is 0 Å². The molecule has 0 bridgehead atoms. The molecule has 0 amide bonds. The van der Waals surface area contributed by atoms with E-state index < -0.39 is 11.6 Å². The lowest BCUT2D eigenvalue weighted by atomic mass is 9.87. The summed E-state index contributed by atoms with van der Waals surface area (Å²) < 4.78 is 10.9. The molecule has 1 aliphatic rings. The van der Waals surface area contributed by atoms with Crippen LogP contribution in [-0.2, 0) is 16.0 Å². The second kappa shape index (κ2) is 5.88. The SMILES string of the molecule is CCOC(=O)C(C)(C)Oc1ccc2c(c1C)CCCC2=O. The molecule has 1 aromatic carbocycles. The molecule has 1 aliphatic carbocycles. The van der Waals surface area contributed by atoms with Crippen LogP contribution in [-0.4, -0.2) is 24.0 Å². The summed E-state index contributed by atoms with van der Waals surface area (Å²) in [6.45, 7) is 7.41. The predicted octanol–water partition coefficient (Wildman–Crippen LogP) is 3.23. The largest absolute Gasteiger partial charge is 0.476 e. The van der Waals surface area contributed by atoms with Gasteiger partial charge in [0.15, 0.2) is 11.4 Å². The quantitative estimate of drug-likeness (QED) is 0.799. The number of hydrogen-bond acceptors (Lipinski definition) is 4. The minimum atomic E-state index is -1.05. The number of esters is 1. The zero-order chi connectivity index (χ0) is 15.6. The minimum Gasteiger partial charge on any atom is -0.476 e. The Morgan fingerprint density at radius 1 is 1.29 bits per heavy atom. The number of carbonyl (C=O) groups is 2. The molecule has 0 aromatic heterocycles. The zero-order valence-electron chi connectivity index (χ0n) is 13.1. The average molecular weight is 290 g/mol. The molecule has 4 heteroatoms. The fraction of sp³-hybridized carbons (Fsp3) is 0.529. The van der Waals surface area contributed by atoms with E-state index in [1.165, 1.54) is 0 Å². The molecule has 0 saturated heterocycles. The van der Waals surface area contributed by atoms with Crippen molar-refractivity contribution in [1.82, 2.24) is 0 Å². The maximum Gasteiger partial charge on any atom is 0.349 e. The fourth-order valence-corrected chi connectivity index (χ4v) is 2.61. The number of Topliss-reactive ketones (excluding diaryl/α,β-unsaturated/α-hetero) is 1. The average Bonchev–Trinajstić information content (AvgIpc) is 2.43. The Morgan fingerprint density at radius 2 is 2.00 bits per heavy atom. The second-order valence-corrected chi connectivity index (χ2v) is 5.82. The van der Waals surface area contributed by atoms with Gasteiger partial charge in [0, 0.05) is 12.0 Å². The van der Waals surface area contributed by atoms with Gasteiger partial charge in [0.25, 0.3) is 0 Å². The minimum absolute atomic E-state index is 0.190. The fourth-order valence-electron chi connectivity index (χ4n) is 2.61. The van der Waals surface area contributed by atoms with Gasteiger partial charge in [0.05, 0.1) is 6.61 Å². The molecule has 21 heavy (non-hydrogen) atoms. The Bertz CT molecular complexity index is 572. The third-order valence-corrected chi connectivity index (χ3v) is 3.81. The van der Waals surface area contributed by atoms with Crippen LogP contribution in [0.15, 0.2) is 12.1 Å². The van der Waals surface area contributed by atoms with Crippen molar-refractivity contribution >= 4 is 11.8 Å². The lowest BCUT2D eigenvalue weighted by Crippen LogP contribution is -2.40. The Hall–Kier alpha value is -1.84. The molecule has 0 spiro atoms. The van der Waals surface area contributed by atoms with Crippen LogP contribution in [0.1, 0.15) is 55.1 Å². The molecule has 114 valence electrons. The van der Waals surface area contributed by atoms with E-state index in [-0.39, 0.29) is 5.78 Å². The number of rotatable bonds is 4. The van der Waals surface area contributed by atoms with Crippen LogP contribution < -0.4 is 4.74 Å². The van der Waals surface area contributed by atoms with Gasteiger partial charge in [-0.3, -0.25) is 4.79 Å². The number of ether oxygens (including phenoxy) is 2. The van der Waals surface area contributed by atoms with Crippen molar-refractivity contribution in [1.29, 1.82) is 0 Å². The van der Waals surface area contributed by atoms with Crippen molar-refractivity contribution < 1.29 is 19.1 Å². The van der Waals surface area contributed by atoms with Crippen molar-refractivity contribution in [3.05, 3.63) is 28.8 Å². The summed E-state index contributed by atoms with van der Waals surface area (Å²) in [5.74, 6) is 0.440. The van der Waals surface area contributed by atoms with E-state index in [4.69, 9.17) is 9.47 Å². The van der Waals surface area contributed by atoms with Crippen LogP contribution in [0.5, 0.6) is 5.75 Å². The number of fused-ring (bicyclic) bond motifs is 1. The molecule has 4 nitrogen and oxygen atoms in total. The first-order valence-electron chi connectivity index (χ1n) is 7.38. The van der Waals surface area contributed by atoms with Crippen molar-refractivity contribution in [2.45, 2.75) is 52.6 Å². The first kappa shape index (κ1) is 15.5. The molecular weight excluding hydrogens is 268 g/mol. The van der Waals surface area contributed by atoms with Gasteiger partial charge in [0.1, 0.15) is 5.75 Å². The van der Waals surface area contributed by atoms with Crippen molar-refractivity contribution in [3.8, 4) is 5.75 Å². The van der Waals surface area contributed by atoms with E-state index in [0.717, 1.165) is 29.5 Å². The number of benzene rings is 1. The highest BCUT2D eigenvalue weighted by atomic mass is 16.6. The van der Waals surface area contributed by atoms with Gasteiger partial charge in [-0.2, -0.15) is 0 Å². The van der Waals surface area contributed by atoms with E-state index in [1.807, 2.05) is 6.92 Å². The van der Waals surface area contributed by atoms with Gasteiger partial charge >= 0.3 is 5.97 Å². The zero-order valence-corrected chi connectivity index (χ0v) is 13.1. The normalized spacial score (nSPS) is 14.6. The van der Waals surface area contributed by atoms with Gasteiger partial charge in [-0.25, -0.2) is 4.79 Å². The molecular formula is C17H22O4. The molecule has 1 aromatic rings. The highest BCUT2D eigenvalue weighted by molar-refractivity contribution is 5.99. The second-order valence-electron chi connectivity index (χ2n) is 5.82. The lowest BCUT2D eigenvalue weighted by Gasteiger charge is -2.27. The standard InChI is InChI=1S/C17H22O4/c1-5-20-16(19)17(3,4)21-15-10-9-13-12(11(15)2)7-6-8-14(13)18/h9-10H,5-8H2,1-4H3. The summed E-state index contributed by atoms with van der Waals surface area (Å²) in [7, 11) is 0. The number of hydrogen-bond donors (Lipinski definition) is 0. The van der Waals surface area contributed by atoms with Crippen LogP contribution in [0.3, 0.4) is 0 Å². The predicted molar refractivity (Wildman–Crippen MR) is 79.8 cm³/mol. The monoisotopic (exact) mass is 290 g/mol. The van der Waals surface area contributed by atoms with Gasteiger partial charge in [-0.05, 0) is 63.8 Å². The summed E-state index contributed by atoms with van der Waals surface area (Å²) in [6, 6.07) is 3.58. The Morgan fingerprint density at radius 3 is 2.67 bits per heavy atom. The Balaban J connectivity index is 2.30. The molecule has 0 atom stereocenters. The number of ketones is 1. The Kier molecular flexibility index (Phi) is 4.35. The molecule has 0 heterocycles. The first-order valence-corrected chi connectivity index (χ1v) is 7.38. The maximum atomic E-state index is 11.9. The van der Waals surface area contributed by atoms with Gasteiger partial charge < -0.3 is 9.47 Å². The lowest BCUT2D eigenvalue weighted by molar-refractivity contribution is -0.158. The van der Waals surface area contributed by atoms with Gasteiger partial charge in [-0.1, -0.05) is 0 Å². The smallest absolute Gasteiger partial charge is 0.349 e. The van der Waals surface area contributed by atoms with E-state index in [0.29, 0.717) is 18.8 Å². The van der Waals surface area contributed by atoms with Gasteiger partial charge in [-0.15, -0.1) is 0 Å². The molecule has 2 rings (SSSR count). The molecule has 0 saturated carbocycles. The van der Waals surface area contributed by atoms with E-state index in [9.17, 15) is 9.59 Å². The van der Waals surface area contributed by atoms with Crippen LogP contribution in [0.2, 0.25) is 0 Å². The summed E-state index contributed by atoms with van der Waals surface area (Å²) in [5, 5.41) is 0. The van der Waals surface area contributed by atoms with Crippen molar-refractivity contribution in [3.63, 3.8) is 0 Å². The number of carbonyl (C=O) groups excluding carboxylic acids is 2. The van der Waals surface area contributed by atoms with E-state index >= 15 is 0 Å². The van der Waals surface area contributed by atoms with Gasteiger partial charge in [0.2, 0.25) is 0 Å². The van der Waals surface area contributed by atoms with E-state index in [1.54, 1.807) is 32.9 Å². The molecule has 0 aliphatic heterocycles. The van der Waals surface area contributed by atoms with Crippen molar-refractivity contribution in [2.24, 2.45) is 0 Å². The van der Waals surface area contributed by atoms with Crippen LogP contribution in [0, 0.1) is 6.92 Å².